The molecular weight excluding hydrogens is 476 g/mol. The molecule has 3 atom stereocenters. The highest BCUT2D eigenvalue weighted by Gasteiger charge is 2.41. The van der Waals surface area contributed by atoms with E-state index in [2.05, 4.69) is 0 Å². The summed E-state index contributed by atoms with van der Waals surface area (Å²) < 4.78 is 22.1. The third kappa shape index (κ3) is 6.81. The Bertz CT molecular complexity index is 1030. The van der Waals surface area contributed by atoms with Gasteiger partial charge in [-0.05, 0) is 48.6 Å². The Morgan fingerprint density at radius 1 is 1.05 bits per heavy atom. The van der Waals surface area contributed by atoms with Gasteiger partial charge in [0, 0.05) is 5.92 Å². The average Bonchev–Trinajstić information content (AvgIpc) is 2.88. The van der Waals surface area contributed by atoms with Gasteiger partial charge in [-0.15, -0.1) is 0 Å². The normalized spacial score (nSPS) is 20.1. The van der Waals surface area contributed by atoms with Gasteiger partial charge in [-0.2, -0.15) is 0 Å². The van der Waals surface area contributed by atoms with E-state index in [9.17, 15) is 14.7 Å². The number of aliphatic hydroxyl groups excluding tert-OH is 2. The van der Waals surface area contributed by atoms with Gasteiger partial charge >= 0.3 is 11.9 Å². The van der Waals surface area contributed by atoms with Gasteiger partial charge in [0.15, 0.2) is 0 Å². The molecule has 1 heterocycles. The fourth-order valence-electron chi connectivity index (χ4n) is 4.27. The van der Waals surface area contributed by atoms with Crippen molar-refractivity contribution in [2.75, 3.05) is 26.4 Å². The number of hydrogen-bond acceptors (Lipinski definition) is 8. The molecule has 1 aliphatic carbocycles. The van der Waals surface area contributed by atoms with Crippen LogP contribution in [0.1, 0.15) is 40.2 Å². The Morgan fingerprint density at radius 3 is 2.35 bits per heavy atom. The Hall–Kier alpha value is -3.10. The zero-order chi connectivity index (χ0) is 27.2. The van der Waals surface area contributed by atoms with Crippen LogP contribution in [0.15, 0.2) is 54.3 Å². The lowest BCUT2D eigenvalue weighted by atomic mass is 9.70. The van der Waals surface area contributed by atoms with E-state index < -0.39 is 23.6 Å². The van der Waals surface area contributed by atoms with Crippen molar-refractivity contribution >= 4 is 17.5 Å². The van der Waals surface area contributed by atoms with Crippen LogP contribution < -0.4 is 4.74 Å². The lowest BCUT2D eigenvalue weighted by molar-refractivity contribution is -0.164. The molecule has 8 nitrogen and oxygen atoms in total. The largest absolute Gasteiger partial charge is 0.491 e. The first kappa shape index (κ1) is 28.5. The molecule has 0 aromatic heterocycles. The predicted octanol–water partition coefficient (Wildman–Crippen LogP) is 3.68. The fraction of sp³-hybridized carbons (Fsp3) is 0.517. The van der Waals surface area contributed by atoms with E-state index in [1.54, 1.807) is 36.4 Å². The summed E-state index contributed by atoms with van der Waals surface area (Å²) in [5.41, 5.74) is 0.532. The molecule has 2 aliphatic rings. The fourth-order valence-corrected chi connectivity index (χ4v) is 4.27. The van der Waals surface area contributed by atoms with Gasteiger partial charge in [0.1, 0.15) is 43.5 Å². The maximum Gasteiger partial charge on any atom is 0.339 e. The number of ether oxygens (including phenoxy) is 4. The molecule has 0 bridgehead atoms. The second-order valence-electron chi connectivity index (χ2n) is 10.2. The van der Waals surface area contributed by atoms with Crippen LogP contribution in [0.25, 0.3) is 5.57 Å². The molecule has 1 aromatic rings. The minimum atomic E-state index is -0.996. The number of carbonyl (C=O) groups is 2. The molecule has 37 heavy (non-hydrogen) atoms. The van der Waals surface area contributed by atoms with Crippen LogP contribution in [0.3, 0.4) is 0 Å². The molecule has 0 spiro atoms. The van der Waals surface area contributed by atoms with Gasteiger partial charge in [-0.1, -0.05) is 52.0 Å². The van der Waals surface area contributed by atoms with Crippen LogP contribution in [0, 0.1) is 23.2 Å². The molecule has 0 radical (unpaired) electrons. The Kier molecular flexibility index (Phi) is 9.56. The first-order chi connectivity index (χ1) is 17.6. The highest BCUT2D eigenvalue weighted by Crippen LogP contribution is 2.37. The zero-order valence-corrected chi connectivity index (χ0v) is 22.2. The minimum Gasteiger partial charge on any atom is -0.491 e. The first-order valence-electron chi connectivity index (χ1n) is 12.7. The molecular formula is C29H38O8. The second-order valence-corrected chi connectivity index (χ2v) is 10.2. The zero-order valence-electron chi connectivity index (χ0n) is 22.2. The molecule has 3 rings (SSSR count). The van der Waals surface area contributed by atoms with Crippen LogP contribution in [0.2, 0.25) is 0 Å². The Morgan fingerprint density at radius 2 is 1.73 bits per heavy atom. The van der Waals surface area contributed by atoms with E-state index >= 15 is 0 Å². The van der Waals surface area contributed by atoms with E-state index in [0.29, 0.717) is 22.6 Å². The summed E-state index contributed by atoms with van der Waals surface area (Å²) >= 11 is 0. The quantitative estimate of drug-likeness (QED) is 0.407. The molecule has 2 N–H and O–H groups in total. The number of rotatable bonds is 12. The molecule has 3 unspecified atom stereocenters. The molecule has 0 fully saturated rings. The van der Waals surface area contributed by atoms with Crippen molar-refractivity contribution < 1.29 is 38.7 Å². The number of hydrogen-bond donors (Lipinski definition) is 2. The molecule has 0 amide bonds. The topological polar surface area (TPSA) is 112 Å². The Labute approximate surface area is 218 Å². The van der Waals surface area contributed by atoms with Crippen molar-refractivity contribution in [2.45, 2.75) is 46.8 Å². The number of allylic oxidation sites excluding steroid dienone is 1. The monoisotopic (exact) mass is 514 g/mol. The summed E-state index contributed by atoms with van der Waals surface area (Å²) in [6.45, 7) is 9.71. The smallest absolute Gasteiger partial charge is 0.339 e. The summed E-state index contributed by atoms with van der Waals surface area (Å²) in [5.74, 6) is 0.334. The highest BCUT2D eigenvalue weighted by molar-refractivity contribution is 6.17. The van der Waals surface area contributed by atoms with Crippen molar-refractivity contribution in [3.05, 3.63) is 59.9 Å². The highest BCUT2D eigenvalue weighted by atomic mass is 16.6. The van der Waals surface area contributed by atoms with Crippen molar-refractivity contribution in [1.29, 1.82) is 0 Å². The molecule has 0 saturated heterocycles. The Balaban J connectivity index is 1.54. The van der Waals surface area contributed by atoms with Crippen molar-refractivity contribution in [1.82, 2.24) is 0 Å². The molecule has 1 aromatic carbocycles. The van der Waals surface area contributed by atoms with Crippen molar-refractivity contribution in [3.63, 3.8) is 0 Å². The van der Waals surface area contributed by atoms with Gasteiger partial charge in [0.2, 0.25) is 0 Å². The van der Waals surface area contributed by atoms with Gasteiger partial charge in [-0.25, -0.2) is 4.79 Å². The number of benzene rings is 1. The van der Waals surface area contributed by atoms with Crippen LogP contribution in [0.5, 0.6) is 5.75 Å². The van der Waals surface area contributed by atoms with E-state index in [4.69, 9.17) is 24.1 Å². The number of aliphatic hydroxyl groups is 2. The van der Waals surface area contributed by atoms with Gasteiger partial charge in [0.05, 0.1) is 17.6 Å². The van der Waals surface area contributed by atoms with Crippen molar-refractivity contribution in [2.24, 2.45) is 23.2 Å². The lowest BCUT2D eigenvalue weighted by Crippen LogP contribution is -2.41. The van der Waals surface area contributed by atoms with Crippen molar-refractivity contribution in [3.8, 4) is 5.75 Å². The van der Waals surface area contributed by atoms with E-state index in [1.807, 2.05) is 46.8 Å². The SMILES string of the molecule is CC(C)C(C)(C(=O)OCC(O)COC1=CC2OC(=O)C(c3ccc(OCCO)cc3)=CC2C=C1)C(C)C. The number of esters is 2. The summed E-state index contributed by atoms with van der Waals surface area (Å²) in [6, 6.07) is 7.03. The van der Waals surface area contributed by atoms with Gasteiger partial charge < -0.3 is 29.2 Å². The molecule has 202 valence electrons. The van der Waals surface area contributed by atoms with Crippen LogP contribution in [0.4, 0.5) is 0 Å². The molecule has 8 heteroatoms. The summed E-state index contributed by atoms with van der Waals surface area (Å²) in [5, 5.41) is 19.2. The lowest BCUT2D eigenvalue weighted by Gasteiger charge is -2.35. The number of fused-ring (bicyclic) bond motifs is 1. The predicted molar refractivity (Wildman–Crippen MR) is 138 cm³/mol. The van der Waals surface area contributed by atoms with Crippen LogP contribution in [-0.4, -0.2) is 60.8 Å². The van der Waals surface area contributed by atoms with Crippen LogP contribution in [-0.2, 0) is 23.8 Å². The van der Waals surface area contributed by atoms with Gasteiger partial charge in [0.25, 0.3) is 0 Å². The standard InChI is InChI=1S/C29H38O8/c1-18(2)29(5,19(3)4)28(33)36-17-22(31)16-35-24-11-8-21-14-25(27(32)37-26(21)15-24)20-6-9-23(10-7-20)34-13-12-30/h6-11,14-15,18-19,21-22,26,30-31H,12-13,16-17H2,1-5H3. The average molecular weight is 515 g/mol. The first-order valence-corrected chi connectivity index (χ1v) is 12.7. The third-order valence-electron chi connectivity index (χ3n) is 7.23. The molecule has 0 saturated carbocycles. The van der Waals surface area contributed by atoms with E-state index in [1.165, 1.54) is 0 Å². The maximum atomic E-state index is 12.7. The second kappa shape index (κ2) is 12.4. The summed E-state index contributed by atoms with van der Waals surface area (Å²) in [6.07, 6.45) is 5.70. The van der Waals surface area contributed by atoms with Crippen LogP contribution >= 0.6 is 0 Å². The number of carbonyl (C=O) groups excluding carboxylic acids is 2. The summed E-state index contributed by atoms with van der Waals surface area (Å²) in [4.78, 5) is 25.3. The third-order valence-corrected chi connectivity index (χ3v) is 7.23. The summed E-state index contributed by atoms with van der Waals surface area (Å²) in [7, 11) is 0. The minimum absolute atomic E-state index is 0.0688. The van der Waals surface area contributed by atoms with E-state index in [0.717, 1.165) is 0 Å². The molecule has 1 aliphatic heterocycles. The van der Waals surface area contributed by atoms with E-state index in [-0.39, 0.29) is 50.2 Å². The maximum absolute atomic E-state index is 12.7. The van der Waals surface area contributed by atoms with Gasteiger partial charge in [-0.3, -0.25) is 4.79 Å².